The number of fused-ring (bicyclic) bond motifs is 1. The third-order valence-electron chi connectivity index (χ3n) is 4.15. The first-order chi connectivity index (χ1) is 11.4. The van der Waals surface area contributed by atoms with Gasteiger partial charge in [-0.05, 0) is 38.5 Å². The molecule has 1 unspecified atom stereocenters. The molecule has 7 heteroatoms. The van der Waals surface area contributed by atoms with Gasteiger partial charge in [-0.2, -0.15) is 0 Å². The fourth-order valence-corrected chi connectivity index (χ4v) is 3.14. The Morgan fingerprint density at radius 1 is 1.38 bits per heavy atom. The van der Waals surface area contributed by atoms with Crippen molar-refractivity contribution >= 4 is 23.6 Å². The fraction of sp³-hybridized carbons (Fsp3) is 0.529. The van der Waals surface area contributed by atoms with Crippen molar-refractivity contribution in [3.8, 4) is 5.75 Å². The third-order valence-corrected chi connectivity index (χ3v) is 4.38. The van der Waals surface area contributed by atoms with Crippen molar-refractivity contribution in [2.75, 3.05) is 19.7 Å². The van der Waals surface area contributed by atoms with Gasteiger partial charge in [0.15, 0.2) is 0 Å². The van der Waals surface area contributed by atoms with Crippen LogP contribution in [0.5, 0.6) is 5.75 Å². The first-order valence-corrected chi connectivity index (χ1v) is 8.50. The summed E-state index contributed by atoms with van der Waals surface area (Å²) in [7, 11) is 0. The fourth-order valence-electron chi connectivity index (χ4n) is 2.96. The number of amides is 2. The second-order valence-electron chi connectivity index (χ2n) is 6.44. The van der Waals surface area contributed by atoms with Crippen LogP contribution < -0.4 is 10.1 Å². The van der Waals surface area contributed by atoms with Gasteiger partial charge >= 0.3 is 6.09 Å². The van der Waals surface area contributed by atoms with Crippen molar-refractivity contribution in [1.82, 2.24) is 10.2 Å². The molecule has 3 rings (SSSR count). The van der Waals surface area contributed by atoms with E-state index in [-0.39, 0.29) is 24.0 Å². The summed E-state index contributed by atoms with van der Waals surface area (Å²) >= 11 is 6.05. The number of carbonyl (C=O) groups is 2. The topological polar surface area (TPSA) is 67.9 Å². The third kappa shape index (κ3) is 3.59. The van der Waals surface area contributed by atoms with Crippen molar-refractivity contribution in [3.05, 3.63) is 28.8 Å². The number of hydrogen-bond donors (Lipinski definition) is 1. The highest BCUT2D eigenvalue weighted by atomic mass is 35.5. The van der Waals surface area contributed by atoms with Crippen LogP contribution in [0.25, 0.3) is 0 Å². The summed E-state index contributed by atoms with van der Waals surface area (Å²) in [5.74, 6) is 0.498. The first-order valence-electron chi connectivity index (χ1n) is 8.12. The van der Waals surface area contributed by atoms with Crippen LogP contribution in [-0.2, 0) is 9.53 Å². The van der Waals surface area contributed by atoms with Crippen LogP contribution in [0.3, 0.4) is 0 Å². The average molecular weight is 353 g/mol. The van der Waals surface area contributed by atoms with Crippen molar-refractivity contribution in [3.63, 3.8) is 0 Å². The molecule has 1 atom stereocenters. The zero-order valence-corrected chi connectivity index (χ0v) is 14.5. The molecule has 1 saturated heterocycles. The van der Waals surface area contributed by atoms with Crippen LogP contribution in [0, 0.1) is 0 Å². The van der Waals surface area contributed by atoms with Crippen LogP contribution >= 0.6 is 11.6 Å². The van der Waals surface area contributed by atoms with Crippen molar-refractivity contribution in [2.45, 2.75) is 38.3 Å². The van der Waals surface area contributed by atoms with E-state index >= 15 is 0 Å². The number of rotatable bonds is 3. The lowest BCUT2D eigenvalue weighted by Crippen LogP contribution is -2.57. The van der Waals surface area contributed by atoms with Gasteiger partial charge in [-0.15, -0.1) is 0 Å². The molecule has 1 N–H and O–H groups in total. The molecule has 24 heavy (non-hydrogen) atoms. The van der Waals surface area contributed by atoms with Gasteiger partial charge < -0.3 is 19.7 Å². The van der Waals surface area contributed by atoms with E-state index < -0.39 is 6.09 Å². The summed E-state index contributed by atoms with van der Waals surface area (Å²) in [6, 6.07) is 5.38. The molecular weight excluding hydrogens is 332 g/mol. The minimum Gasteiger partial charge on any atom is -0.493 e. The highest BCUT2D eigenvalue weighted by molar-refractivity contribution is 6.30. The number of nitrogens with zero attached hydrogens (tertiary/aromatic N) is 1. The second-order valence-corrected chi connectivity index (χ2v) is 6.88. The molecule has 1 aromatic rings. The van der Waals surface area contributed by atoms with E-state index in [4.69, 9.17) is 21.1 Å². The Kier molecular flexibility index (Phi) is 4.85. The van der Waals surface area contributed by atoms with Crippen LogP contribution in [0.4, 0.5) is 4.79 Å². The predicted molar refractivity (Wildman–Crippen MR) is 89.4 cm³/mol. The van der Waals surface area contributed by atoms with Crippen LogP contribution in [0.2, 0.25) is 5.02 Å². The number of halogens is 1. The number of benzene rings is 1. The molecule has 2 amide bonds. The van der Waals surface area contributed by atoms with E-state index in [1.807, 2.05) is 13.8 Å². The predicted octanol–water partition coefficient (Wildman–Crippen LogP) is 2.55. The van der Waals surface area contributed by atoms with E-state index in [2.05, 4.69) is 5.32 Å². The van der Waals surface area contributed by atoms with Gasteiger partial charge in [0, 0.05) is 16.6 Å². The maximum absolute atomic E-state index is 12.7. The zero-order valence-electron chi connectivity index (χ0n) is 13.8. The normalized spacial score (nSPS) is 20.0. The molecule has 2 heterocycles. The summed E-state index contributed by atoms with van der Waals surface area (Å²) in [5, 5.41) is 3.26. The Labute approximate surface area is 146 Å². The molecule has 0 aromatic heterocycles. The van der Waals surface area contributed by atoms with Gasteiger partial charge in [0.05, 0.1) is 25.6 Å². The van der Waals surface area contributed by atoms with E-state index in [0.29, 0.717) is 36.9 Å². The highest BCUT2D eigenvalue weighted by Crippen LogP contribution is 2.37. The summed E-state index contributed by atoms with van der Waals surface area (Å²) in [4.78, 5) is 26.0. The monoisotopic (exact) mass is 352 g/mol. The first kappa shape index (κ1) is 16.9. The Morgan fingerprint density at radius 3 is 2.83 bits per heavy atom. The molecule has 0 spiro atoms. The minimum absolute atomic E-state index is 0.0267. The zero-order chi connectivity index (χ0) is 17.3. The smallest absolute Gasteiger partial charge is 0.407 e. The van der Waals surface area contributed by atoms with Gasteiger partial charge in [-0.1, -0.05) is 11.6 Å². The van der Waals surface area contributed by atoms with Crippen molar-refractivity contribution in [2.24, 2.45) is 0 Å². The number of hydrogen-bond acceptors (Lipinski definition) is 4. The molecule has 2 aliphatic heterocycles. The maximum Gasteiger partial charge on any atom is 0.407 e. The molecule has 0 radical (unpaired) electrons. The summed E-state index contributed by atoms with van der Waals surface area (Å²) in [6.07, 6.45) is -0.0566. The lowest BCUT2D eigenvalue weighted by atomic mass is 9.90. The molecular formula is C17H21ClN2O4. The largest absolute Gasteiger partial charge is 0.493 e. The molecule has 2 aliphatic rings. The average Bonchev–Trinajstić information content (AvgIpc) is 2.48. The van der Waals surface area contributed by atoms with E-state index in [9.17, 15) is 9.59 Å². The van der Waals surface area contributed by atoms with Crippen LogP contribution in [0.15, 0.2) is 18.2 Å². The SMILES string of the molecule is CC(C)NC(=O)OC1CN(C(=O)C2CCOc3ccc(Cl)cc32)C1. The number of nitrogens with one attached hydrogen (secondary N) is 1. The van der Waals surface area contributed by atoms with Gasteiger partial charge in [-0.25, -0.2) is 4.79 Å². The van der Waals surface area contributed by atoms with Gasteiger partial charge in [0.2, 0.25) is 5.91 Å². The van der Waals surface area contributed by atoms with E-state index in [1.165, 1.54) is 0 Å². The lowest BCUT2D eigenvalue weighted by Gasteiger charge is -2.41. The van der Waals surface area contributed by atoms with Crippen molar-refractivity contribution in [1.29, 1.82) is 0 Å². The molecule has 130 valence electrons. The number of ether oxygens (including phenoxy) is 2. The van der Waals surface area contributed by atoms with Crippen LogP contribution in [-0.4, -0.2) is 48.7 Å². The number of carbonyl (C=O) groups excluding carboxylic acids is 2. The molecule has 0 aliphatic carbocycles. The molecule has 0 saturated carbocycles. The maximum atomic E-state index is 12.7. The van der Waals surface area contributed by atoms with E-state index in [1.54, 1.807) is 23.1 Å². The van der Waals surface area contributed by atoms with Gasteiger partial charge in [-0.3, -0.25) is 4.79 Å². The van der Waals surface area contributed by atoms with Gasteiger partial charge in [0.1, 0.15) is 11.9 Å². The number of likely N-dealkylation sites (tertiary alicyclic amines) is 1. The standard InChI is InChI=1S/C17H21ClN2O4/c1-10(2)19-17(22)24-12-8-20(9-12)16(21)13-5-6-23-15-4-3-11(18)7-14(13)15/h3-4,7,10,12-13H,5-6,8-9H2,1-2H3,(H,19,22). The lowest BCUT2D eigenvalue weighted by molar-refractivity contribution is -0.143. The van der Waals surface area contributed by atoms with Crippen LogP contribution in [0.1, 0.15) is 31.7 Å². The Hall–Kier alpha value is -1.95. The highest BCUT2D eigenvalue weighted by Gasteiger charge is 2.39. The summed E-state index contributed by atoms with van der Waals surface area (Å²) < 4.78 is 10.9. The van der Waals surface area contributed by atoms with E-state index in [0.717, 1.165) is 5.56 Å². The summed E-state index contributed by atoms with van der Waals surface area (Å²) in [5.41, 5.74) is 0.834. The molecule has 1 fully saturated rings. The number of alkyl carbamates (subject to hydrolysis) is 1. The Morgan fingerprint density at radius 2 is 2.12 bits per heavy atom. The quantitative estimate of drug-likeness (QED) is 0.907. The van der Waals surface area contributed by atoms with Crippen molar-refractivity contribution < 1.29 is 19.1 Å². The summed E-state index contributed by atoms with van der Waals surface area (Å²) in [6.45, 7) is 5.10. The molecule has 0 bridgehead atoms. The second kappa shape index (κ2) is 6.89. The minimum atomic E-state index is -0.440. The molecule has 6 nitrogen and oxygen atoms in total. The molecule has 1 aromatic carbocycles. The Balaban J connectivity index is 1.58. The Bertz CT molecular complexity index is 643. The van der Waals surface area contributed by atoms with Gasteiger partial charge in [0.25, 0.3) is 0 Å².